The van der Waals surface area contributed by atoms with E-state index in [0.29, 0.717) is 29.4 Å². The van der Waals surface area contributed by atoms with Crippen molar-refractivity contribution in [2.24, 2.45) is 0 Å². The normalized spacial score (nSPS) is 21.3. The van der Waals surface area contributed by atoms with Gasteiger partial charge in [0, 0.05) is 19.2 Å². The SMILES string of the molecule is OCCC1CCCCN1c1nnc(C(F)(F)F)s1. The Labute approximate surface area is 106 Å². The molecule has 1 aromatic rings. The number of alkyl halides is 3. The number of rotatable bonds is 3. The molecule has 0 saturated carbocycles. The van der Waals surface area contributed by atoms with Crippen LogP contribution in [0.2, 0.25) is 0 Å². The fourth-order valence-corrected chi connectivity index (χ4v) is 2.96. The summed E-state index contributed by atoms with van der Waals surface area (Å²) in [5.41, 5.74) is 0. The van der Waals surface area contributed by atoms with Gasteiger partial charge in [0.25, 0.3) is 0 Å². The van der Waals surface area contributed by atoms with Gasteiger partial charge in [-0.25, -0.2) is 0 Å². The molecule has 1 aliphatic rings. The summed E-state index contributed by atoms with van der Waals surface area (Å²) < 4.78 is 37.4. The maximum atomic E-state index is 12.5. The van der Waals surface area contributed by atoms with E-state index in [0.717, 1.165) is 19.3 Å². The second-order valence-electron chi connectivity index (χ2n) is 4.24. The van der Waals surface area contributed by atoms with Crippen molar-refractivity contribution in [1.82, 2.24) is 10.2 Å². The lowest BCUT2D eigenvalue weighted by Crippen LogP contribution is -2.40. The zero-order valence-corrected chi connectivity index (χ0v) is 10.5. The number of hydrogen-bond acceptors (Lipinski definition) is 5. The van der Waals surface area contributed by atoms with E-state index in [4.69, 9.17) is 5.11 Å². The molecule has 1 unspecified atom stereocenters. The number of piperidine rings is 1. The summed E-state index contributed by atoms with van der Waals surface area (Å²) in [6.07, 6.45) is -1.03. The number of aromatic nitrogens is 2. The third-order valence-electron chi connectivity index (χ3n) is 2.99. The molecule has 18 heavy (non-hydrogen) atoms. The molecule has 1 saturated heterocycles. The zero-order chi connectivity index (χ0) is 13.2. The van der Waals surface area contributed by atoms with Gasteiger partial charge < -0.3 is 10.0 Å². The van der Waals surface area contributed by atoms with Crippen LogP contribution < -0.4 is 4.90 Å². The predicted octanol–water partition coefficient (Wildman–Crippen LogP) is 2.30. The molecule has 1 fully saturated rings. The van der Waals surface area contributed by atoms with E-state index in [1.807, 2.05) is 4.90 Å². The number of aliphatic hydroxyl groups excluding tert-OH is 1. The van der Waals surface area contributed by atoms with Crippen molar-refractivity contribution in [3.05, 3.63) is 5.01 Å². The molecule has 1 aliphatic heterocycles. The Kier molecular flexibility index (Phi) is 4.06. The molecule has 8 heteroatoms. The van der Waals surface area contributed by atoms with E-state index in [1.54, 1.807) is 0 Å². The van der Waals surface area contributed by atoms with Crippen LogP contribution in [0.25, 0.3) is 0 Å². The molecule has 0 radical (unpaired) electrons. The van der Waals surface area contributed by atoms with Gasteiger partial charge in [0.1, 0.15) is 0 Å². The molecule has 0 aliphatic carbocycles. The first-order valence-corrected chi connectivity index (χ1v) is 6.62. The average molecular weight is 281 g/mol. The maximum Gasteiger partial charge on any atom is 0.445 e. The van der Waals surface area contributed by atoms with Crippen molar-refractivity contribution in [2.45, 2.75) is 37.9 Å². The Hall–Kier alpha value is -0.890. The summed E-state index contributed by atoms with van der Waals surface area (Å²) in [7, 11) is 0. The first kappa shape index (κ1) is 13.5. The lowest BCUT2D eigenvalue weighted by Gasteiger charge is -2.34. The van der Waals surface area contributed by atoms with E-state index >= 15 is 0 Å². The van der Waals surface area contributed by atoms with Crippen molar-refractivity contribution >= 4 is 16.5 Å². The Morgan fingerprint density at radius 2 is 2.11 bits per heavy atom. The molecule has 1 atom stereocenters. The predicted molar refractivity (Wildman–Crippen MR) is 61.6 cm³/mol. The van der Waals surface area contributed by atoms with Gasteiger partial charge in [-0.05, 0) is 25.7 Å². The van der Waals surface area contributed by atoms with Crippen molar-refractivity contribution < 1.29 is 18.3 Å². The van der Waals surface area contributed by atoms with Gasteiger partial charge in [-0.2, -0.15) is 13.2 Å². The number of hydrogen-bond donors (Lipinski definition) is 1. The molecule has 2 rings (SSSR count). The molecule has 1 N–H and O–H groups in total. The van der Waals surface area contributed by atoms with Crippen LogP contribution in [0, 0.1) is 0 Å². The summed E-state index contributed by atoms with van der Waals surface area (Å²) in [6.45, 7) is 0.712. The number of nitrogens with zero attached hydrogens (tertiary/aromatic N) is 3. The highest BCUT2D eigenvalue weighted by Crippen LogP contribution is 2.36. The standard InChI is InChI=1S/C10H14F3N3OS/c11-10(12,13)8-14-15-9(18-8)16-5-2-1-3-7(16)4-6-17/h7,17H,1-6H2. The van der Waals surface area contributed by atoms with Crippen LogP contribution in [0.3, 0.4) is 0 Å². The van der Waals surface area contributed by atoms with Gasteiger partial charge in [0.15, 0.2) is 0 Å². The number of anilines is 1. The summed E-state index contributed by atoms with van der Waals surface area (Å²) in [5, 5.41) is 15.2. The molecule has 102 valence electrons. The molecule has 0 bridgehead atoms. The minimum Gasteiger partial charge on any atom is -0.396 e. The smallest absolute Gasteiger partial charge is 0.396 e. The van der Waals surface area contributed by atoms with Crippen molar-refractivity contribution in [2.75, 3.05) is 18.1 Å². The topological polar surface area (TPSA) is 49.2 Å². The molecule has 0 spiro atoms. The second-order valence-corrected chi connectivity index (χ2v) is 5.20. The average Bonchev–Trinajstić information content (AvgIpc) is 2.79. The first-order valence-electron chi connectivity index (χ1n) is 5.80. The summed E-state index contributed by atoms with van der Waals surface area (Å²) in [6, 6.07) is 0.0674. The van der Waals surface area contributed by atoms with Crippen LogP contribution in [0.4, 0.5) is 18.3 Å². The Morgan fingerprint density at radius 1 is 1.33 bits per heavy atom. The molecule has 0 aromatic carbocycles. The second kappa shape index (κ2) is 5.40. The third-order valence-corrected chi connectivity index (χ3v) is 4.00. The van der Waals surface area contributed by atoms with Gasteiger partial charge in [0.2, 0.25) is 10.1 Å². The summed E-state index contributed by atoms with van der Waals surface area (Å²) in [5.74, 6) is 0. The molecular formula is C10H14F3N3OS. The summed E-state index contributed by atoms with van der Waals surface area (Å²) >= 11 is 0.573. The fraction of sp³-hybridized carbons (Fsp3) is 0.800. The lowest BCUT2D eigenvalue weighted by molar-refractivity contribution is -0.138. The van der Waals surface area contributed by atoms with E-state index in [2.05, 4.69) is 10.2 Å². The first-order chi connectivity index (χ1) is 8.52. The largest absolute Gasteiger partial charge is 0.445 e. The van der Waals surface area contributed by atoms with E-state index in [1.165, 1.54) is 0 Å². The van der Waals surface area contributed by atoms with Crippen molar-refractivity contribution in [1.29, 1.82) is 0 Å². The quantitative estimate of drug-likeness (QED) is 0.923. The van der Waals surface area contributed by atoms with E-state index in [-0.39, 0.29) is 12.6 Å². The van der Waals surface area contributed by atoms with Gasteiger partial charge in [0.05, 0.1) is 0 Å². The number of aliphatic hydroxyl groups is 1. The summed E-state index contributed by atoms with van der Waals surface area (Å²) in [4.78, 5) is 1.84. The molecular weight excluding hydrogens is 267 g/mol. The van der Waals surface area contributed by atoms with Gasteiger partial charge in [-0.3, -0.25) is 0 Å². The van der Waals surface area contributed by atoms with Crippen LogP contribution in [-0.4, -0.2) is 34.5 Å². The highest BCUT2D eigenvalue weighted by atomic mass is 32.1. The van der Waals surface area contributed by atoms with E-state index in [9.17, 15) is 13.2 Å². The maximum absolute atomic E-state index is 12.5. The lowest BCUT2D eigenvalue weighted by atomic mass is 10.0. The van der Waals surface area contributed by atoms with Crippen LogP contribution in [0.1, 0.15) is 30.7 Å². The van der Waals surface area contributed by atoms with Gasteiger partial charge in [-0.1, -0.05) is 11.3 Å². The van der Waals surface area contributed by atoms with Gasteiger partial charge in [-0.15, -0.1) is 10.2 Å². The van der Waals surface area contributed by atoms with Crippen LogP contribution in [0.15, 0.2) is 0 Å². The minimum absolute atomic E-state index is 0.0338. The molecule has 4 nitrogen and oxygen atoms in total. The van der Waals surface area contributed by atoms with Crippen LogP contribution in [0.5, 0.6) is 0 Å². The zero-order valence-electron chi connectivity index (χ0n) is 9.65. The molecule has 0 amide bonds. The van der Waals surface area contributed by atoms with E-state index < -0.39 is 11.2 Å². The highest BCUT2D eigenvalue weighted by molar-refractivity contribution is 7.15. The van der Waals surface area contributed by atoms with Crippen molar-refractivity contribution in [3.8, 4) is 0 Å². The fourth-order valence-electron chi connectivity index (χ4n) is 2.15. The minimum atomic E-state index is -4.43. The van der Waals surface area contributed by atoms with Crippen LogP contribution >= 0.6 is 11.3 Å². The van der Waals surface area contributed by atoms with Crippen molar-refractivity contribution in [3.63, 3.8) is 0 Å². The monoisotopic (exact) mass is 281 g/mol. The Bertz CT molecular complexity index is 394. The highest BCUT2D eigenvalue weighted by Gasteiger charge is 2.37. The van der Waals surface area contributed by atoms with Gasteiger partial charge >= 0.3 is 6.18 Å². The number of halogens is 3. The Morgan fingerprint density at radius 3 is 2.72 bits per heavy atom. The third kappa shape index (κ3) is 2.92. The molecule has 1 aromatic heterocycles. The Balaban J connectivity index is 2.15. The molecule has 2 heterocycles. The van der Waals surface area contributed by atoms with Crippen LogP contribution in [-0.2, 0) is 6.18 Å².